The topological polar surface area (TPSA) is 112 Å². The van der Waals surface area contributed by atoms with Crippen molar-refractivity contribution >= 4 is 5.78 Å². The fourth-order valence-corrected chi connectivity index (χ4v) is 10.9. The summed E-state index contributed by atoms with van der Waals surface area (Å²) in [4.78, 5) is 17.2. The number of carbonyl (C=O) groups excluding carboxylic acids is 1. The number of hydrogen-bond donors (Lipinski definition) is 3. The highest BCUT2D eigenvalue weighted by molar-refractivity contribution is 5.90. The molecule has 9 nitrogen and oxygen atoms in total. The Morgan fingerprint density at radius 3 is 2.52 bits per heavy atom. The van der Waals surface area contributed by atoms with E-state index in [4.69, 9.17) is 14.2 Å². The Morgan fingerprint density at radius 1 is 0.932 bits per heavy atom. The molecule has 4 aliphatic heterocycles. The van der Waals surface area contributed by atoms with Gasteiger partial charge in [-0.1, -0.05) is 24.3 Å². The molecule has 3 fully saturated rings. The van der Waals surface area contributed by atoms with Gasteiger partial charge in [-0.3, -0.25) is 4.79 Å². The molecule has 232 valence electrons. The van der Waals surface area contributed by atoms with Crippen LogP contribution in [0, 0.1) is 5.92 Å². The second kappa shape index (κ2) is 8.78. The Labute approximate surface area is 257 Å². The number of carbonyl (C=O) groups is 1. The number of ether oxygens (including phenoxy) is 3. The van der Waals surface area contributed by atoms with Gasteiger partial charge in [0.05, 0.1) is 18.1 Å². The molecule has 9 atom stereocenters. The van der Waals surface area contributed by atoms with Crippen LogP contribution in [0.3, 0.4) is 0 Å². The number of piperidine rings is 2. The average Bonchev–Trinajstić information content (AvgIpc) is 3.56. The summed E-state index contributed by atoms with van der Waals surface area (Å²) in [7, 11) is 5.95. The quantitative estimate of drug-likeness (QED) is 0.425. The number of rotatable bonds is 1. The van der Waals surface area contributed by atoms with E-state index in [1.807, 2.05) is 25.3 Å². The second-order valence-electron chi connectivity index (χ2n) is 14.4. The summed E-state index contributed by atoms with van der Waals surface area (Å²) in [6.45, 7) is 1.88. The lowest BCUT2D eigenvalue weighted by atomic mass is 9.49. The Bertz CT molecular complexity index is 1640. The van der Waals surface area contributed by atoms with Crippen LogP contribution in [0.25, 0.3) is 0 Å². The highest BCUT2D eigenvalue weighted by atomic mass is 16.5. The number of likely N-dealkylation sites (N-methyl/N-ethyl adjacent to an activating group) is 2. The first-order chi connectivity index (χ1) is 21.2. The molecule has 0 unspecified atom stereocenters. The number of phenols is 1. The summed E-state index contributed by atoms with van der Waals surface area (Å²) in [6.07, 6.45) is 7.14. The van der Waals surface area contributed by atoms with Crippen LogP contribution in [0.1, 0.15) is 47.9 Å². The van der Waals surface area contributed by atoms with Crippen LogP contribution in [0.15, 0.2) is 36.4 Å². The molecule has 3 N–H and O–H groups in total. The molecular formula is C35H40N2O7. The van der Waals surface area contributed by atoms with E-state index in [1.165, 1.54) is 11.1 Å². The largest absolute Gasteiger partial charge is 0.504 e. The van der Waals surface area contributed by atoms with Gasteiger partial charge in [0.15, 0.2) is 34.9 Å². The van der Waals surface area contributed by atoms with Crippen molar-refractivity contribution in [2.45, 2.75) is 85.4 Å². The first kappa shape index (κ1) is 27.2. The number of benzene rings is 2. The molecule has 2 aromatic rings. The number of methoxy groups -OCH3 is 1. The maximum absolute atomic E-state index is 12.5. The summed E-state index contributed by atoms with van der Waals surface area (Å²) in [5.41, 5.74) is 2.97. The van der Waals surface area contributed by atoms with Crippen LogP contribution in [-0.2, 0) is 28.5 Å². The minimum absolute atomic E-state index is 0.00319. The highest BCUT2D eigenvalue weighted by Gasteiger charge is 2.73. The Hall–Kier alpha value is -3.11. The van der Waals surface area contributed by atoms with Crippen molar-refractivity contribution in [3.63, 3.8) is 0 Å². The fourth-order valence-electron chi connectivity index (χ4n) is 10.9. The number of nitrogens with zero attached hydrogens (tertiary/aromatic N) is 2. The number of aromatic hydroxyl groups is 1. The third-order valence-corrected chi connectivity index (χ3v) is 12.9. The van der Waals surface area contributed by atoms with E-state index in [1.54, 1.807) is 13.2 Å². The smallest absolute Gasteiger partial charge is 0.174 e. The molecule has 2 spiro atoms. The SMILES string of the molecule is CN1CC[C@]23c4c5ccc(O)c4O[C@H]2C(=O)CC[C@@]3(O)[C@H]1C5.COc1ccc2c3c1O[C@H]1[C@@H](O)C=C[C@H]4[C@@H](C2)N(C)CC[C@@]341. The Kier molecular flexibility index (Phi) is 5.43. The zero-order chi connectivity index (χ0) is 30.3. The lowest BCUT2D eigenvalue weighted by Crippen LogP contribution is -2.76. The van der Waals surface area contributed by atoms with E-state index in [0.717, 1.165) is 55.0 Å². The molecule has 1 saturated carbocycles. The molecule has 2 aromatic carbocycles. The van der Waals surface area contributed by atoms with Crippen LogP contribution in [0.4, 0.5) is 0 Å². The minimum Gasteiger partial charge on any atom is -0.504 e. The van der Waals surface area contributed by atoms with Crippen LogP contribution in [0.5, 0.6) is 23.0 Å². The first-order valence-electron chi connectivity index (χ1n) is 16.1. The molecule has 2 saturated heterocycles. The van der Waals surface area contributed by atoms with Gasteiger partial charge in [-0.15, -0.1) is 0 Å². The van der Waals surface area contributed by atoms with Crippen LogP contribution in [-0.4, -0.2) is 101 Å². The Morgan fingerprint density at radius 2 is 1.70 bits per heavy atom. The van der Waals surface area contributed by atoms with Crippen molar-refractivity contribution in [2.24, 2.45) is 5.92 Å². The normalized spacial score (nSPS) is 41.5. The zero-order valence-electron chi connectivity index (χ0n) is 25.5. The zero-order valence-corrected chi connectivity index (χ0v) is 25.5. The summed E-state index contributed by atoms with van der Waals surface area (Å²) >= 11 is 0. The first-order valence-corrected chi connectivity index (χ1v) is 16.1. The number of hydrogen-bond acceptors (Lipinski definition) is 9. The van der Waals surface area contributed by atoms with Crippen molar-refractivity contribution in [2.75, 3.05) is 34.3 Å². The Balaban J connectivity index is 0.000000123. The van der Waals surface area contributed by atoms with Gasteiger partial charge in [0.1, 0.15) is 12.2 Å². The summed E-state index contributed by atoms with van der Waals surface area (Å²) in [5, 5.41) is 32.4. The number of phenolic OH excluding ortho intramolecular Hbond substituents is 1. The molecule has 0 radical (unpaired) electrons. The third-order valence-electron chi connectivity index (χ3n) is 12.9. The number of ketones is 1. The van der Waals surface area contributed by atoms with E-state index in [9.17, 15) is 20.1 Å². The van der Waals surface area contributed by atoms with Gasteiger partial charge >= 0.3 is 0 Å². The standard InChI is InChI=1S/C18H21NO3.C17H19NO4/c1-19-8-7-18-11-4-5-13(20)17(18)22-16-14(21-2)6-3-10(15(16)18)9-12(11)19;1-18-7-6-16-13-9-2-3-10(19)14(13)22-15(16)11(20)4-5-17(16,21)12(18)8-9/h3-6,11-13,17,20H,7-9H2,1-2H3;2-3,12,15,19,21H,4-8H2,1H3/t11-,12+,13-,17-,18-;12-,15+,16+,17-/m01/s1. The molecule has 4 aliphatic carbocycles. The maximum atomic E-state index is 12.5. The van der Waals surface area contributed by atoms with Crippen LogP contribution < -0.4 is 14.2 Å². The number of aliphatic hydroxyl groups excluding tert-OH is 1. The van der Waals surface area contributed by atoms with Crippen molar-refractivity contribution in [1.82, 2.24) is 9.80 Å². The molecule has 9 heteroatoms. The van der Waals surface area contributed by atoms with Gasteiger partial charge in [-0.05, 0) is 82.5 Å². The molecule has 0 aromatic heterocycles. The van der Waals surface area contributed by atoms with Gasteiger partial charge in [0.2, 0.25) is 0 Å². The average molecular weight is 601 g/mol. The predicted octanol–water partition coefficient (Wildman–Crippen LogP) is 2.25. The molecule has 8 aliphatic rings. The van der Waals surface area contributed by atoms with E-state index in [2.05, 4.69) is 29.0 Å². The van der Waals surface area contributed by atoms with E-state index >= 15 is 0 Å². The van der Waals surface area contributed by atoms with Gasteiger partial charge in [-0.25, -0.2) is 0 Å². The lowest BCUT2D eigenvalue weighted by molar-refractivity contribution is -0.185. The van der Waals surface area contributed by atoms with Crippen molar-refractivity contribution < 1.29 is 34.3 Å². The highest BCUT2D eigenvalue weighted by Crippen LogP contribution is 2.65. The van der Waals surface area contributed by atoms with Gasteiger partial charge in [-0.2, -0.15) is 0 Å². The van der Waals surface area contributed by atoms with Crippen molar-refractivity contribution in [1.29, 1.82) is 0 Å². The summed E-state index contributed by atoms with van der Waals surface area (Å²) in [5.74, 6) is 2.65. The molecule has 10 rings (SSSR count). The molecule has 4 heterocycles. The van der Waals surface area contributed by atoms with E-state index in [-0.39, 0.29) is 29.1 Å². The monoisotopic (exact) mass is 600 g/mol. The number of likely N-dealkylation sites (tertiary alicyclic amines) is 2. The predicted molar refractivity (Wildman–Crippen MR) is 161 cm³/mol. The van der Waals surface area contributed by atoms with Gasteiger partial charge < -0.3 is 39.3 Å². The fraction of sp³-hybridized carbons (Fsp3) is 0.571. The van der Waals surface area contributed by atoms with Crippen molar-refractivity contribution in [3.05, 3.63) is 58.7 Å². The molecular weight excluding hydrogens is 560 g/mol. The van der Waals surface area contributed by atoms with Crippen molar-refractivity contribution in [3.8, 4) is 23.0 Å². The molecule has 44 heavy (non-hydrogen) atoms. The molecule has 0 amide bonds. The van der Waals surface area contributed by atoms with Gasteiger partial charge in [0.25, 0.3) is 0 Å². The molecule has 4 bridgehead atoms. The summed E-state index contributed by atoms with van der Waals surface area (Å²) < 4.78 is 17.8. The maximum Gasteiger partial charge on any atom is 0.174 e. The minimum atomic E-state index is -0.954. The second-order valence-corrected chi connectivity index (χ2v) is 14.4. The summed E-state index contributed by atoms with van der Waals surface area (Å²) in [6, 6.07) is 8.27. The van der Waals surface area contributed by atoms with Crippen LogP contribution >= 0.6 is 0 Å². The van der Waals surface area contributed by atoms with Crippen LogP contribution in [0.2, 0.25) is 0 Å². The third kappa shape index (κ3) is 2.98. The number of aliphatic hydroxyl groups is 2. The van der Waals surface area contributed by atoms with Gasteiger partial charge in [0, 0.05) is 41.0 Å². The van der Waals surface area contributed by atoms with E-state index in [0.29, 0.717) is 37.0 Å². The number of Topliss-reactive ketones (excluding diaryl/α,β-unsaturated/α-hetero) is 1. The van der Waals surface area contributed by atoms with E-state index < -0.39 is 23.2 Å². The lowest BCUT2D eigenvalue weighted by Gasteiger charge is -2.61.